The van der Waals surface area contributed by atoms with E-state index in [1.165, 1.54) is 0 Å². The number of hydrogen-bond acceptors (Lipinski definition) is 4. The van der Waals surface area contributed by atoms with Gasteiger partial charge in [-0.25, -0.2) is 4.98 Å². The molecule has 1 aromatic rings. The average molecular weight is 256 g/mol. The molecule has 1 rings (SSSR count). The van der Waals surface area contributed by atoms with Crippen molar-refractivity contribution >= 4 is 11.3 Å². The summed E-state index contributed by atoms with van der Waals surface area (Å²) < 4.78 is 0. The zero-order chi connectivity index (χ0) is 12.9. The van der Waals surface area contributed by atoms with Crippen molar-refractivity contribution in [3.8, 4) is 0 Å². The lowest BCUT2D eigenvalue weighted by Crippen LogP contribution is -2.28. The van der Waals surface area contributed by atoms with E-state index < -0.39 is 0 Å². The Balaban J connectivity index is 2.49. The first kappa shape index (κ1) is 14.6. The maximum atomic E-state index is 8.92. The van der Waals surface area contributed by atoms with Crippen LogP contribution in [0.25, 0.3) is 0 Å². The van der Waals surface area contributed by atoms with E-state index in [-0.39, 0.29) is 12.0 Å². The molecule has 0 bridgehead atoms. The third kappa shape index (κ3) is 4.74. The minimum absolute atomic E-state index is 0.129. The molecule has 98 valence electrons. The molecule has 0 saturated carbocycles. The largest absolute Gasteiger partial charge is 0.396 e. The highest BCUT2D eigenvalue weighted by molar-refractivity contribution is 7.09. The van der Waals surface area contributed by atoms with Gasteiger partial charge in [0.1, 0.15) is 5.01 Å². The summed E-state index contributed by atoms with van der Waals surface area (Å²) in [5.74, 6) is 0. The molecule has 3 nitrogen and oxygen atoms in total. The summed E-state index contributed by atoms with van der Waals surface area (Å²) in [6.07, 6.45) is 1.85. The van der Waals surface area contributed by atoms with E-state index in [0.717, 1.165) is 30.1 Å². The molecular weight excluding hydrogens is 232 g/mol. The Morgan fingerprint density at radius 2 is 2.18 bits per heavy atom. The number of nitrogens with one attached hydrogen (secondary N) is 1. The molecule has 4 heteroatoms. The maximum absolute atomic E-state index is 8.92. The molecule has 0 aliphatic rings. The van der Waals surface area contributed by atoms with Crippen LogP contribution in [0.1, 0.15) is 51.2 Å². The van der Waals surface area contributed by atoms with Gasteiger partial charge in [-0.3, -0.25) is 0 Å². The summed E-state index contributed by atoms with van der Waals surface area (Å²) in [5.41, 5.74) is 1.29. The van der Waals surface area contributed by atoms with Crippen molar-refractivity contribution in [2.45, 2.75) is 58.5 Å². The molecular formula is C13H24N2OS. The fraction of sp³-hybridized carbons (Fsp3) is 0.769. The molecule has 1 aromatic heterocycles. The number of aromatic nitrogens is 1. The second-order valence-electron chi connectivity index (χ2n) is 5.37. The normalized spacial score (nSPS) is 13.9. The van der Waals surface area contributed by atoms with Crippen LogP contribution in [0.5, 0.6) is 0 Å². The fourth-order valence-electron chi connectivity index (χ4n) is 1.57. The first-order valence-electron chi connectivity index (χ1n) is 6.26. The molecule has 0 aromatic carbocycles. The van der Waals surface area contributed by atoms with E-state index in [0.29, 0.717) is 6.04 Å². The lowest BCUT2D eigenvalue weighted by Gasteiger charge is -2.15. The van der Waals surface area contributed by atoms with Crippen LogP contribution in [-0.4, -0.2) is 22.7 Å². The van der Waals surface area contributed by atoms with Gasteiger partial charge in [0.05, 0.1) is 5.69 Å². The summed E-state index contributed by atoms with van der Waals surface area (Å²) in [6, 6.07) is 0.391. The van der Waals surface area contributed by atoms with Crippen LogP contribution in [0.2, 0.25) is 0 Å². The molecule has 0 saturated heterocycles. The molecule has 0 spiro atoms. The number of aliphatic hydroxyl groups is 1. The quantitative estimate of drug-likeness (QED) is 0.822. The van der Waals surface area contributed by atoms with E-state index >= 15 is 0 Å². The van der Waals surface area contributed by atoms with Crippen LogP contribution >= 0.6 is 11.3 Å². The topological polar surface area (TPSA) is 45.1 Å². The predicted octanol–water partition coefficient (Wildman–Crippen LogP) is 2.69. The highest BCUT2D eigenvalue weighted by atomic mass is 32.1. The van der Waals surface area contributed by atoms with Crippen LogP contribution < -0.4 is 5.32 Å². The van der Waals surface area contributed by atoms with E-state index in [4.69, 9.17) is 5.11 Å². The SMILES string of the molecule is CCC(CCO)NCc1nc(C(C)(C)C)cs1. The Kier molecular flexibility index (Phi) is 5.56. The van der Waals surface area contributed by atoms with E-state index in [9.17, 15) is 0 Å². The van der Waals surface area contributed by atoms with Gasteiger partial charge in [-0.15, -0.1) is 11.3 Å². The van der Waals surface area contributed by atoms with Crippen molar-refractivity contribution in [1.82, 2.24) is 10.3 Å². The molecule has 0 aliphatic heterocycles. The zero-order valence-corrected chi connectivity index (χ0v) is 12.1. The molecule has 1 unspecified atom stereocenters. The molecule has 1 atom stereocenters. The third-order valence-corrected chi connectivity index (χ3v) is 3.68. The molecule has 0 amide bonds. The fourth-order valence-corrected chi connectivity index (χ4v) is 2.55. The number of nitrogens with zero attached hydrogens (tertiary/aromatic N) is 1. The Labute approximate surface area is 108 Å². The van der Waals surface area contributed by atoms with Gasteiger partial charge in [0, 0.05) is 30.0 Å². The first-order valence-corrected chi connectivity index (χ1v) is 7.14. The Morgan fingerprint density at radius 3 is 2.65 bits per heavy atom. The summed E-state index contributed by atoms with van der Waals surface area (Å²) >= 11 is 1.71. The van der Waals surface area contributed by atoms with E-state index in [1.807, 2.05) is 0 Å². The van der Waals surface area contributed by atoms with Crippen molar-refractivity contribution in [1.29, 1.82) is 0 Å². The van der Waals surface area contributed by atoms with Crippen molar-refractivity contribution in [3.63, 3.8) is 0 Å². The van der Waals surface area contributed by atoms with Gasteiger partial charge in [0.2, 0.25) is 0 Å². The molecule has 0 radical (unpaired) electrons. The van der Waals surface area contributed by atoms with Gasteiger partial charge in [0.15, 0.2) is 0 Å². The van der Waals surface area contributed by atoms with Gasteiger partial charge in [-0.05, 0) is 12.8 Å². The van der Waals surface area contributed by atoms with Gasteiger partial charge >= 0.3 is 0 Å². The van der Waals surface area contributed by atoms with Gasteiger partial charge in [-0.2, -0.15) is 0 Å². The van der Waals surface area contributed by atoms with Crippen LogP contribution in [0, 0.1) is 0 Å². The molecule has 0 aliphatic carbocycles. The van der Waals surface area contributed by atoms with E-state index in [2.05, 4.69) is 43.4 Å². The number of rotatable bonds is 6. The van der Waals surface area contributed by atoms with E-state index in [1.54, 1.807) is 11.3 Å². The maximum Gasteiger partial charge on any atom is 0.107 e. The third-order valence-electron chi connectivity index (χ3n) is 2.83. The second kappa shape index (κ2) is 6.47. The molecule has 17 heavy (non-hydrogen) atoms. The Morgan fingerprint density at radius 1 is 1.47 bits per heavy atom. The van der Waals surface area contributed by atoms with Crippen molar-refractivity contribution in [2.24, 2.45) is 0 Å². The number of aliphatic hydroxyl groups excluding tert-OH is 1. The standard InChI is InChI=1S/C13H24N2OS/c1-5-10(6-7-16)14-8-12-15-11(9-17-12)13(2,3)4/h9-10,14,16H,5-8H2,1-4H3. The lowest BCUT2D eigenvalue weighted by atomic mass is 9.93. The number of thiazole rings is 1. The average Bonchev–Trinajstić information content (AvgIpc) is 2.72. The summed E-state index contributed by atoms with van der Waals surface area (Å²) in [4.78, 5) is 4.64. The molecule has 1 heterocycles. The monoisotopic (exact) mass is 256 g/mol. The summed E-state index contributed by atoms with van der Waals surface area (Å²) in [6.45, 7) is 9.73. The van der Waals surface area contributed by atoms with Gasteiger partial charge in [0.25, 0.3) is 0 Å². The Bertz CT molecular complexity index is 330. The first-order chi connectivity index (χ1) is 7.97. The zero-order valence-electron chi connectivity index (χ0n) is 11.3. The highest BCUT2D eigenvalue weighted by Crippen LogP contribution is 2.23. The van der Waals surface area contributed by atoms with Gasteiger partial charge < -0.3 is 10.4 Å². The second-order valence-corrected chi connectivity index (χ2v) is 6.32. The predicted molar refractivity (Wildman–Crippen MR) is 73.4 cm³/mol. The molecule has 0 fully saturated rings. The summed E-state index contributed by atoms with van der Waals surface area (Å²) in [5, 5.41) is 15.6. The number of hydrogen-bond donors (Lipinski definition) is 2. The summed E-state index contributed by atoms with van der Waals surface area (Å²) in [7, 11) is 0. The minimum Gasteiger partial charge on any atom is -0.396 e. The Hall–Kier alpha value is -0.450. The van der Waals surface area contributed by atoms with Crippen molar-refractivity contribution in [2.75, 3.05) is 6.61 Å². The van der Waals surface area contributed by atoms with Crippen molar-refractivity contribution < 1.29 is 5.11 Å². The van der Waals surface area contributed by atoms with Crippen LogP contribution in [0.15, 0.2) is 5.38 Å². The lowest BCUT2D eigenvalue weighted by molar-refractivity contribution is 0.262. The smallest absolute Gasteiger partial charge is 0.107 e. The van der Waals surface area contributed by atoms with Crippen LogP contribution in [0.3, 0.4) is 0 Å². The van der Waals surface area contributed by atoms with Gasteiger partial charge in [-0.1, -0.05) is 27.7 Å². The highest BCUT2D eigenvalue weighted by Gasteiger charge is 2.17. The van der Waals surface area contributed by atoms with Crippen molar-refractivity contribution in [3.05, 3.63) is 16.1 Å². The van der Waals surface area contributed by atoms with Crippen LogP contribution in [-0.2, 0) is 12.0 Å². The van der Waals surface area contributed by atoms with Crippen LogP contribution in [0.4, 0.5) is 0 Å². The molecule has 2 N–H and O–H groups in total. The minimum atomic E-state index is 0.129.